The van der Waals surface area contributed by atoms with E-state index in [1.165, 1.54) is 19.2 Å². The molecular formula is C20H22F3N3O4. The molecule has 0 atom stereocenters. The molecule has 0 fully saturated rings. The lowest BCUT2D eigenvalue weighted by molar-refractivity contribution is -0.137. The number of nitrogens with one attached hydrogen (secondary N) is 2. The standard InChI is InChI=1S/C20H22F3N3O4/c1-5-30-19(29)17-11(2)16(12(3)24-17)18(28)26(4)10-15(27)25-14-9-7-6-8-13(14)20(21,22)23/h6-9,24H,5,10H2,1-4H3,(H,25,27). The largest absolute Gasteiger partial charge is 0.461 e. The molecule has 1 heterocycles. The summed E-state index contributed by atoms with van der Waals surface area (Å²) in [5.74, 6) is -1.96. The molecule has 162 valence electrons. The molecule has 0 aliphatic rings. The van der Waals surface area contributed by atoms with E-state index in [1.807, 2.05) is 0 Å². The van der Waals surface area contributed by atoms with Gasteiger partial charge in [-0.3, -0.25) is 9.59 Å². The zero-order valence-corrected chi connectivity index (χ0v) is 16.9. The fourth-order valence-electron chi connectivity index (χ4n) is 2.99. The minimum absolute atomic E-state index is 0.134. The summed E-state index contributed by atoms with van der Waals surface area (Å²) in [7, 11) is 1.34. The van der Waals surface area contributed by atoms with Crippen LogP contribution in [0.1, 0.15) is 44.6 Å². The number of alkyl halides is 3. The maximum Gasteiger partial charge on any atom is 0.418 e. The third kappa shape index (κ3) is 5.00. The number of amides is 2. The maximum absolute atomic E-state index is 13.1. The lowest BCUT2D eigenvalue weighted by atomic mass is 10.1. The van der Waals surface area contributed by atoms with Gasteiger partial charge >= 0.3 is 12.1 Å². The number of anilines is 1. The molecule has 0 saturated heterocycles. The lowest BCUT2D eigenvalue weighted by Gasteiger charge is -2.19. The van der Waals surface area contributed by atoms with Gasteiger partial charge in [-0.15, -0.1) is 0 Å². The highest BCUT2D eigenvalue weighted by Crippen LogP contribution is 2.34. The Hall–Kier alpha value is -3.30. The highest BCUT2D eigenvalue weighted by atomic mass is 19.4. The molecule has 2 rings (SSSR count). The minimum Gasteiger partial charge on any atom is -0.461 e. The van der Waals surface area contributed by atoms with Crippen molar-refractivity contribution in [2.75, 3.05) is 25.5 Å². The molecule has 10 heteroatoms. The third-order valence-electron chi connectivity index (χ3n) is 4.36. The van der Waals surface area contributed by atoms with E-state index in [4.69, 9.17) is 4.74 Å². The van der Waals surface area contributed by atoms with Gasteiger partial charge in [-0.25, -0.2) is 4.79 Å². The Morgan fingerprint density at radius 1 is 1.17 bits per heavy atom. The number of esters is 1. The number of aryl methyl sites for hydroxylation is 1. The van der Waals surface area contributed by atoms with Crippen molar-refractivity contribution in [3.63, 3.8) is 0 Å². The lowest BCUT2D eigenvalue weighted by Crippen LogP contribution is -2.35. The van der Waals surface area contributed by atoms with Crippen LogP contribution in [0.4, 0.5) is 18.9 Å². The number of carbonyl (C=O) groups excluding carboxylic acids is 3. The average Bonchev–Trinajstić information content (AvgIpc) is 2.95. The van der Waals surface area contributed by atoms with E-state index in [2.05, 4.69) is 10.3 Å². The van der Waals surface area contributed by atoms with Crippen molar-refractivity contribution in [1.29, 1.82) is 0 Å². The van der Waals surface area contributed by atoms with Crippen LogP contribution in [-0.2, 0) is 15.7 Å². The normalized spacial score (nSPS) is 11.2. The molecule has 7 nitrogen and oxygen atoms in total. The molecule has 0 aliphatic carbocycles. The number of halogens is 3. The molecular weight excluding hydrogens is 403 g/mol. The Morgan fingerprint density at radius 2 is 1.80 bits per heavy atom. The number of para-hydroxylation sites is 1. The van der Waals surface area contributed by atoms with Crippen LogP contribution in [0.25, 0.3) is 0 Å². The van der Waals surface area contributed by atoms with Crippen molar-refractivity contribution in [3.8, 4) is 0 Å². The Labute approximate surface area is 171 Å². The second kappa shape index (κ2) is 9.02. The molecule has 0 saturated carbocycles. The second-order valence-corrected chi connectivity index (χ2v) is 6.60. The Bertz CT molecular complexity index is 967. The third-order valence-corrected chi connectivity index (χ3v) is 4.36. The van der Waals surface area contributed by atoms with Gasteiger partial charge in [0.25, 0.3) is 5.91 Å². The minimum atomic E-state index is -4.63. The number of benzene rings is 1. The van der Waals surface area contributed by atoms with Crippen molar-refractivity contribution in [1.82, 2.24) is 9.88 Å². The molecule has 1 aromatic heterocycles. The van der Waals surface area contributed by atoms with Gasteiger partial charge in [0.05, 0.1) is 30.0 Å². The van der Waals surface area contributed by atoms with Gasteiger partial charge in [0.1, 0.15) is 5.69 Å². The van der Waals surface area contributed by atoms with Crippen LogP contribution in [-0.4, -0.2) is 47.9 Å². The number of nitrogens with zero attached hydrogens (tertiary/aromatic N) is 1. The number of hydrogen-bond donors (Lipinski definition) is 2. The molecule has 2 aromatic rings. The summed E-state index contributed by atoms with van der Waals surface area (Å²) >= 11 is 0. The molecule has 0 bridgehead atoms. The maximum atomic E-state index is 13.1. The van der Waals surface area contributed by atoms with Crippen LogP contribution in [0.15, 0.2) is 24.3 Å². The van der Waals surface area contributed by atoms with E-state index in [0.717, 1.165) is 17.0 Å². The average molecular weight is 425 g/mol. The fourth-order valence-corrected chi connectivity index (χ4v) is 2.99. The zero-order valence-electron chi connectivity index (χ0n) is 16.9. The molecule has 1 aromatic carbocycles. The van der Waals surface area contributed by atoms with Gasteiger partial charge in [0.2, 0.25) is 5.91 Å². The Morgan fingerprint density at radius 3 is 2.40 bits per heavy atom. The van der Waals surface area contributed by atoms with Crippen LogP contribution >= 0.6 is 0 Å². The van der Waals surface area contributed by atoms with Crippen molar-refractivity contribution in [2.45, 2.75) is 26.9 Å². The van der Waals surface area contributed by atoms with Crippen LogP contribution in [0.5, 0.6) is 0 Å². The first-order valence-electron chi connectivity index (χ1n) is 9.05. The Kier molecular flexibility index (Phi) is 6.91. The number of hydrogen-bond acceptors (Lipinski definition) is 4. The van der Waals surface area contributed by atoms with Crippen molar-refractivity contribution >= 4 is 23.5 Å². The summed E-state index contributed by atoms with van der Waals surface area (Å²) in [6, 6.07) is 4.57. The summed E-state index contributed by atoms with van der Waals surface area (Å²) in [6.07, 6.45) is -4.63. The second-order valence-electron chi connectivity index (χ2n) is 6.60. The van der Waals surface area contributed by atoms with Crippen LogP contribution in [0, 0.1) is 13.8 Å². The molecule has 2 N–H and O–H groups in total. The Balaban J connectivity index is 2.16. The number of ether oxygens (including phenoxy) is 1. The highest BCUT2D eigenvalue weighted by molar-refractivity contribution is 6.03. The predicted molar refractivity (Wildman–Crippen MR) is 103 cm³/mol. The summed E-state index contributed by atoms with van der Waals surface area (Å²) in [5.41, 5.74) is -0.266. The molecule has 2 amide bonds. The van der Waals surface area contributed by atoms with E-state index >= 15 is 0 Å². The number of aromatic amines is 1. The summed E-state index contributed by atoms with van der Waals surface area (Å²) in [4.78, 5) is 40.9. The first-order chi connectivity index (χ1) is 14.0. The van der Waals surface area contributed by atoms with Crippen LogP contribution in [0.2, 0.25) is 0 Å². The number of carbonyl (C=O) groups is 3. The van der Waals surface area contributed by atoms with E-state index < -0.39 is 41.8 Å². The van der Waals surface area contributed by atoms with Gasteiger partial charge in [-0.1, -0.05) is 12.1 Å². The quantitative estimate of drug-likeness (QED) is 0.693. The van der Waals surface area contributed by atoms with Gasteiger partial charge < -0.3 is 19.9 Å². The molecule has 0 aliphatic heterocycles. The van der Waals surface area contributed by atoms with Crippen molar-refractivity contribution < 1.29 is 32.3 Å². The fraction of sp³-hybridized carbons (Fsp3) is 0.350. The summed E-state index contributed by atoms with van der Waals surface area (Å²) in [6.45, 7) is 4.49. The monoisotopic (exact) mass is 425 g/mol. The SMILES string of the molecule is CCOC(=O)c1[nH]c(C)c(C(=O)N(C)CC(=O)Nc2ccccc2C(F)(F)F)c1C. The van der Waals surface area contributed by atoms with Crippen molar-refractivity contribution in [3.05, 3.63) is 52.3 Å². The van der Waals surface area contributed by atoms with Crippen molar-refractivity contribution in [2.24, 2.45) is 0 Å². The van der Waals surface area contributed by atoms with E-state index in [9.17, 15) is 27.6 Å². The predicted octanol–water partition coefficient (Wildman–Crippen LogP) is 3.54. The van der Waals surface area contributed by atoms with Gasteiger partial charge in [0.15, 0.2) is 0 Å². The van der Waals surface area contributed by atoms with Gasteiger partial charge in [-0.2, -0.15) is 13.2 Å². The smallest absolute Gasteiger partial charge is 0.418 e. The summed E-state index contributed by atoms with van der Waals surface area (Å²) < 4.78 is 44.1. The number of H-pyrrole nitrogens is 1. The number of rotatable bonds is 6. The number of likely N-dealkylation sites (N-methyl/N-ethyl adjacent to an activating group) is 1. The van der Waals surface area contributed by atoms with Gasteiger partial charge in [0, 0.05) is 12.7 Å². The van der Waals surface area contributed by atoms with E-state index in [1.54, 1.807) is 20.8 Å². The van der Waals surface area contributed by atoms with E-state index in [-0.39, 0.29) is 17.9 Å². The first-order valence-corrected chi connectivity index (χ1v) is 9.05. The topological polar surface area (TPSA) is 91.5 Å². The van der Waals surface area contributed by atoms with Crippen LogP contribution < -0.4 is 5.32 Å². The van der Waals surface area contributed by atoms with E-state index in [0.29, 0.717) is 11.3 Å². The highest BCUT2D eigenvalue weighted by Gasteiger charge is 2.33. The number of aromatic nitrogens is 1. The van der Waals surface area contributed by atoms with Gasteiger partial charge in [-0.05, 0) is 38.5 Å². The molecule has 0 radical (unpaired) electrons. The molecule has 30 heavy (non-hydrogen) atoms. The zero-order chi connectivity index (χ0) is 22.6. The molecule has 0 unspecified atom stereocenters. The first kappa shape index (κ1) is 23.0. The summed E-state index contributed by atoms with van der Waals surface area (Å²) in [5, 5.41) is 2.19. The van der Waals surface area contributed by atoms with Crippen LogP contribution in [0.3, 0.4) is 0 Å². The molecule has 0 spiro atoms.